The van der Waals surface area contributed by atoms with E-state index in [0.717, 1.165) is 39.2 Å². The van der Waals surface area contributed by atoms with Gasteiger partial charge in [-0.25, -0.2) is 0 Å². The minimum absolute atomic E-state index is 0.140. The van der Waals surface area contributed by atoms with Gasteiger partial charge in [0.2, 0.25) is 0 Å². The van der Waals surface area contributed by atoms with Crippen molar-refractivity contribution in [3.63, 3.8) is 0 Å². The molecule has 0 aliphatic carbocycles. The van der Waals surface area contributed by atoms with Crippen molar-refractivity contribution in [1.82, 2.24) is 9.80 Å². The number of morpholine rings is 1. The zero-order chi connectivity index (χ0) is 16.1. The van der Waals surface area contributed by atoms with Crippen LogP contribution in [0.15, 0.2) is 30.3 Å². The maximum atomic E-state index is 12.7. The third-order valence-corrected chi connectivity index (χ3v) is 4.67. The highest BCUT2D eigenvalue weighted by Gasteiger charge is 2.34. The average Bonchev–Trinajstić information content (AvgIpc) is 3.04. The molecular formula is C18H26N2O3. The summed E-state index contributed by atoms with van der Waals surface area (Å²) in [7, 11) is 1.72. The molecule has 1 aromatic rings. The van der Waals surface area contributed by atoms with Gasteiger partial charge in [0, 0.05) is 45.8 Å². The Morgan fingerprint density at radius 3 is 2.87 bits per heavy atom. The molecular weight excluding hydrogens is 292 g/mol. The van der Waals surface area contributed by atoms with Gasteiger partial charge in [-0.2, -0.15) is 0 Å². The molecule has 126 valence electrons. The smallest absolute Gasteiger partial charge is 0.253 e. The second kappa shape index (κ2) is 7.90. The van der Waals surface area contributed by atoms with Crippen molar-refractivity contribution < 1.29 is 14.3 Å². The Morgan fingerprint density at radius 2 is 2.09 bits per heavy atom. The first-order valence-electron chi connectivity index (χ1n) is 8.42. The molecule has 0 spiro atoms. The molecule has 1 aromatic carbocycles. The number of benzene rings is 1. The molecule has 0 saturated carbocycles. The standard InChI is InChI=1S/C18H26N2O3/c1-22-14-16-7-8-20(12-16)18(21)17-13-19(9-10-23-17)11-15-5-3-2-4-6-15/h2-6,16-17H,7-14H2,1H3/t16-,17+/m1/s1. The highest BCUT2D eigenvalue weighted by Crippen LogP contribution is 2.19. The summed E-state index contributed by atoms with van der Waals surface area (Å²) in [5.74, 6) is 0.606. The van der Waals surface area contributed by atoms with Crippen molar-refractivity contribution in [2.75, 3.05) is 46.5 Å². The highest BCUT2D eigenvalue weighted by molar-refractivity contribution is 5.81. The Labute approximate surface area is 138 Å². The Balaban J connectivity index is 1.53. The molecule has 5 heteroatoms. The molecule has 2 aliphatic heterocycles. The van der Waals surface area contributed by atoms with Crippen LogP contribution >= 0.6 is 0 Å². The van der Waals surface area contributed by atoms with Crippen LogP contribution in [0.3, 0.4) is 0 Å². The first kappa shape index (κ1) is 16.4. The van der Waals surface area contributed by atoms with Crippen LogP contribution in [0.2, 0.25) is 0 Å². The number of carbonyl (C=O) groups is 1. The second-order valence-electron chi connectivity index (χ2n) is 6.47. The topological polar surface area (TPSA) is 42.0 Å². The second-order valence-corrected chi connectivity index (χ2v) is 6.47. The number of methoxy groups -OCH3 is 1. The summed E-state index contributed by atoms with van der Waals surface area (Å²) in [6.07, 6.45) is 0.703. The number of hydrogen-bond donors (Lipinski definition) is 0. The van der Waals surface area contributed by atoms with E-state index in [1.165, 1.54) is 5.56 Å². The number of likely N-dealkylation sites (tertiary alicyclic amines) is 1. The molecule has 0 aromatic heterocycles. The Kier molecular flexibility index (Phi) is 5.65. The molecule has 23 heavy (non-hydrogen) atoms. The average molecular weight is 318 g/mol. The van der Waals surface area contributed by atoms with E-state index in [2.05, 4.69) is 29.2 Å². The van der Waals surface area contributed by atoms with E-state index in [1.54, 1.807) is 7.11 Å². The van der Waals surface area contributed by atoms with Gasteiger partial charge in [-0.05, 0) is 12.0 Å². The van der Waals surface area contributed by atoms with E-state index < -0.39 is 0 Å². The van der Waals surface area contributed by atoms with Crippen LogP contribution in [0.1, 0.15) is 12.0 Å². The SMILES string of the molecule is COC[C@@H]1CCN(C(=O)[C@@H]2CN(Cc3ccccc3)CCO2)C1. The molecule has 0 N–H and O–H groups in total. The van der Waals surface area contributed by atoms with Gasteiger partial charge in [-0.1, -0.05) is 30.3 Å². The molecule has 0 bridgehead atoms. The van der Waals surface area contributed by atoms with E-state index in [9.17, 15) is 4.79 Å². The maximum Gasteiger partial charge on any atom is 0.253 e. The van der Waals surface area contributed by atoms with E-state index in [4.69, 9.17) is 9.47 Å². The molecule has 2 fully saturated rings. The van der Waals surface area contributed by atoms with Crippen LogP contribution in [-0.4, -0.2) is 68.3 Å². The molecule has 2 aliphatic rings. The van der Waals surface area contributed by atoms with Gasteiger partial charge in [0.25, 0.3) is 5.91 Å². The molecule has 0 radical (unpaired) electrons. The quantitative estimate of drug-likeness (QED) is 0.823. The number of rotatable bonds is 5. The first-order chi connectivity index (χ1) is 11.3. The summed E-state index contributed by atoms with van der Waals surface area (Å²) in [6.45, 7) is 5.41. The molecule has 1 amide bonds. The third kappa shape index (κ3) is 4.31. The van der Waals surface area contributed by atoms with Crippen LogP contribution in [0.5, 0.6) is 0 Å². The van der Waals surface area contributed by atoms with Gasteiger partial charge in [-0.3, -0.25) is 9.69 Å². The van der Waals surface area contributed by atoms with Crippen LogP contribution in [0.4, 0.5) is 0 Å². The van der Waals surface area contributed by atoms with Gasteiger partial charge in [0.1, 0.15) is 6.10 Å². The van der Waals surface area contributed by atoms with Crippen LogP contribution in [-0.2, 0) is 20.8 Å². The van der Waals surface area contributed by atoms with Crippen molar-refractivity contribution in [2.45, 2.75) is 19.1 Å². The van der Waals surface area contributed by atoms with Gasteiger partial charge in [0.05, 0.1) is 13.2 Å². The van der Waals surface area contributed by atoms with Crippen LogP contribution in [0, 0.1) is 5.92 Å². The fraction of sp³-hybridized carbons (Fsp3) is 0.611. The molecule has 5 nitrogen and oxygen atoms in total. The van der Waals surface area contributed by atoms with E-state index in [-0.39, 0.29) is 12.0 Å². The normalized spacial score (nSPS) is 25.7. The number of hydrogen-bond acceptors (Lipinski definition) is 4. The first-order valence-corrected chi connectivity index (χ1v) is 8.42. The third-order valence-electron chi connectivity index (χ3n) is 4.67. The number of nitrogens with zero attached hydrogens (tertiary/aromatic N) is 2. The summed E-state index contributed by atoms with van der Waals surface area (Å²) in [5, 5.41) is 0. The minimum Gasteiger partial charge on any atom is -0.384 e. The van der Waals surface area contributed by atoms with Crippen molar-refractivity contribution >= 4 is 5.91 Å². The lowest BCUT2D eigenvalue weighted by molar-refractivity contribution is -0.148. The predicted octanol–water partition coefficient (Wildman–Crippen LogP) is 1.38. The van der Waals surface area contributed by atoms with Crippen LogP contribution in [0.25, 0.3) is 0 Å². The molecule has 2 heterocycles. The minimum atomic E-state index is -0.325. The Morgan fingerprint density at radius 1 is 1.26 bits per heavy atom. The monoisotopic (exact) mass is 318 g/mol. The van der Waals surface area contributed by atoms with Gasteiger partial charge >= 0.3 is 0 Å². The Hall–Kier alpha value is -1.43. The molecule has 3 rings (SSSR count). The summed E-state index contributed by atoms with van der Waals surface area (Å²) in [4.78, 5) is 16.9. The van der Waals surface area contributed by atoms with E-state index in [0.29, 0.717) is 19.1 Å². The lowest BCUT2D eigenvalue weighted by Gasteiger charge is -2.34. The number of ether oxygens (including phenoxy) is 2. The summed E-state index contributed by atoms with van der Waals surface area (Å²) in [5.41, 5.74) is 1.28. The lowest BCUT2D eigenvalue weighted by atomic mass is 10.1. The molecule has 0 unspecified atom stereocenters. The van der Waals surface area contributed by atoms with Gasteiger partial charge in [0.15, 0.2) is 0 Å². The predicted molar refractivity (Wildman–Crippen MR) is 88.0 cm³/mol. The van der Waals surface area contributed by atoms with Crippen LogP contribution < -0.4 is 0 Å². The van der Waals surface area contributed by atoms with Gasteiger partial charge < -0.3 is 14.4 Å². The molecule has 2 atom stereocenters. The summed E-state index contributed by atoms with van der Waals surface area (Å²) >= 11 is 0. The van der Waals surface area contributed by atoms with E-state index in [1.807, 2.05) is 11.0 Å². The fourth-order valence-electron chi connectivity index (χ4n) is 3.45. The largest absolute Gasteiger partial charge is 0.384 e. The summed E-state index contributed by atoms with van der Waals surface area (Å²) < 4.78 is 11.0. The zero-order valence-electron chi connectivity index (χ0n) is 13.8. The van der Waals surface area contributed by atoms with Crippen molar-refractivity contribution in [1.29, 1.82) is 0 Å². The molecule has 2 saturated heterocycles. The maximum absolute atomic E-state index is 12.7. The lowest BCUT2D eigenvalue weighted by Crippen LogP contribution is -2.50. The van der Waals surface area contributed by atoms with E-state index >= 15 is 0 Å². The van der Waals surface area contributed by atoms with Crippen molar-refractivity contribution in [3.8, 4) is 0 Å². The number of carbonyl (C=O) groups excluding carboxylic acids is 1. The van der Waals surface area contributed by atoms with Gasteiger partial charge in [-0.15, -0.1) is 0 Å². The Bertz CT molecular complexity index is 508. The van der Waals surface area contributed by atoms with Crippen molar-refractivity contribution in [3.05, 3.63) is 35.9 Å². The van der Waals surface area contributed by atoms with Crippen molar-refractivity contribution in [2.24, 2.45) is 5.92 Å². The fourth-order valence-corrected chi connectivity index (χ4v) is 3.45. The summed E-state index contributed by atoms with van der Waals surface area (Å²) in [6, 6.07) is 10.4. The highest BCUT2D eigenvalue weighted by atomic mass is 16.5. The number of amides is 1. The zero-order valence-corrected chi connectivity index (χ0v) is 13.8.